The molecule has 164 valence electrons. The molecule has 1 aliphatic rings. The Kier molecular flexibility index (Phi) is 6.40. The highest BCUT2D eigenvalue weighted by Crippen LogP contribution is 2.27. The molecule has 1 saturated heterocycles. The molecule has 1 fully saturated rings. The van der Waals surface area contributed by atoms with E-state index < -0.39 is 12.5 Å². The van der Waals surface area contributed by atoms with Gasteiger partial charge in [0.05, 0.1) is 6.20 Å². The van der Waals surface area contributed by atoms with E-state index in [0.29, 0.717) is 35.3 Å². The summed E-state index contributed by atoms with van der Waals surface area (Å²) < 4.78 is 0. The van der Waals surface area contributed by atoms with Gasteiger partial charge in [-0.2, -0.15) is 9.97 Å². The van der Waals surface area contributed by atoms with E-state index in [1.54, 1.807) is 20.0 Å². The third kappa shape index (κ3) is 4.82. The van der Waals surface area contributed by atoms with E-state index in [1.807, 2.05) is 30.3 Å². The summed E-state index contributed by atoms with van der Waals surface area (Å²) in [4.78, 5) is 22.0. The Morgan fingerprint density at radius 2 is 1.77 bits per heavy atom. The third-order valence-electron chi connectivity index (χ3n) is 5.14. The molecule has 31 heavy (non-hydrogen) atoms. The normalized spacial score (nSPS) is 16.2. The Balaban J connectivity index is 1.73. The number of aliphatic hydroxyl groups is 2. The molecule has 1 aromatic carbocycles. The Morgan fingerprint density at radius 3 is 2.45 bits per heavy atom. The molecule has 10 heteroatoms. The Bertz CT molecular complexity index is 1000. The van der Waals surface area contributed by atoms with Gasteiger partial charge in [-0.05, 0) is 19.4 Å². The number of piperazine rings is 1. The largest absolute Gasteiger partial charge is 0.374 e. The molecule has 0 saturated carbocycles. The topological polar surface area (TPSA) is 123 Å². The first-order valence-electron chi connectivity index (χ1n) is 10.5. The molecule has 10 nitrogen and oxygen atoms in total. The fourth-order valence-corrected chi connectivity index (χ4v) is 3.61. The SMILES string of the molecule is CC(O)N(c1nc(N2CCNCC2)nc2nc(NCc3ccccc3)cnc12)C(C)O. The van der Waals surface area contributed by atoms with Crippen LogP contribution < -0.4 is 20.4 Å². The average molecular weight is 425 g/mol. The Morgan fingerprint density at radius 1 is 1.06 bits per heavy atom. The maximum atomic E-state index is 10.3. The van der Waals surface area contributed by atoms with Crippen LogP contribution in [0.1, 0.15) is 19.4 Å². The molecule has 2 unspecified atom stereocenters. The quantitative estimate of drug-likeness (QED) is 0.407. The standard InChI is InChI=1S/C21H28N8O2/c1-14(30)29(15(2)31)20-18-19(26-21(27-20)28-10-8-22-9-11-28)25-17(13-24-18)23-12-16-6-4-3-5-7-16/h3-7,13-15,22,30-31H,8-12H2,1-2H3,(H,23,25,26,27). The zero-order chi connectivity index (χ0) is 21.8. The van der Waals surface area contributed by atoms with Gasteiger partial charge in [0.15, 0.2) is 17.0 Å². The van der Waals surface area contributed by atoms with Gasteiger partial charge in [0.1, 0.15) is 18.3 Å². The van der Waals surface area contributed by atoms with Gasteiger partial charge in [-0.15, -0.1) is 0 Å². The molecule has 1 aliphatic heterocycles. The molecule has 4 N–H and O–H groups in total. The monoisotopic (exact) mass is 424 g/mol. The van der Waals surface area contributed by atoms with E-state index in [2.05, 4.69) is 35.5 Å². The van der Waals surface area contributed by atoms with E-state index in [-0.39, 0.29) is 0 Å². The molecule has 0 spiro atoms. The lowest BCUT2D eigenvalue weighted by Gasteiger charge is -2.32. The van der Waals surface area contributed by atoms with Crippen LogP contribution in [0.4, 0.5) is 17.6 Å². The first-order chi connectivity index (χ1) is 15.0. The summed E-state index contributed by atoms with van der Waals surface area (Å²) in [7, 11) is 0. The van der Waals surface area contributed by atoms with Crippen molar-refractivity contribution in [2.45, 2.75) is 32.8 Å². The maximum absolute atomic E-state index is 10.3. The number of fused-ring (bicyclic) bond motifs is 1. The molecule has 3 aromatic rings. The van der Waals surface area contributed by atoms with Crippen molar-refractivity contribution in [1.29, 1.82) is 0 Å². The summed E-state index contributed by atoms with van der Waals surface area (Å²) in [5.41, 5.74) is 1.96. The van der Waals surface area contributed by atoms with Crippen LogP contribution in [-0.4, -0.2) is 68.8 Å². The van der Waals surface area contributed by atoms with Gasteiger partial charge in [0.2, 0.25) is 5.95 Å². The summed E-state index contributed by atoms with van der Waals surface area (Å²) >= 11 is 0. The molecule has 3 heterocycles. The van der Waals surface area contributed by atoms with Crippen LogP contribution in [-0.2, 0) is 6.54 Å². The zero-order valence-corrected chi connectivity index (χ0v) is 17.7. The first kappa shape index (κ1) is 21.2. The molecular weight excluding hydrogens is 396 g/mol. The summed E-state index contributed by atoms with van der Waals surface area (Å²) in [6.45, 7) is 6.94. The number of hydrogen-bond acceptors (Lipinski definition) is 10. The highest BCUT2D eigenvalue weighted by Gasteiger charge is 2.25. The number of nitrogens with zero attached hydrogens (tertiary/aromatic N) is 6. The van der Waals surface area contributed by atoms with Gasteiger partial charge < -0.3 is 30.6 Å². The lowest BCUT2D eigenvalue weighted by molar-refractivity contribution is 0.104. The lowest BCUT2D eigenvalue weighted by Crippen LogP contribution is -2.45. The number of aliphatic hydroxyl groups excluding tert-OH is 2. The number of nitrogens with one attached hydrogen (secondary N) is 2. The van der Waals surface area contributed by atoms with E-state index in [1.165, 1.54) is 4.90 Å². The molecule has 0 aliphatic carbocycles. The molecule has 4 rings (SSSR count). The van der Waals surface area contributed by atoms with Crippen LogP contribution in [0.5, 0.6) is 0 Å². The van der Waals surface area contributed by atoms with Gasteiger partial charge in [0.25, 0.3) is 0 Å². The fourth-order valence-electron chi connectivity index (χ4n) is 3.61. The van der Waals surface area contributed by atoms with Crippen LogP contribution >= 0.6 is 0 Å². The molecular formula is C21H28N8O2. The van der Waals surface area contributed by atoms with Crippen LogP contribution in [0, 0.1) is 0 Å². The third-order valence-corrected chi connectivity index (χ3v) is 5.14. The Labute approximate surface area is 181 Å². The van der Waals surface area contributed by atoms with E-state index >= 15 is 0 Å². The lowest BCUT2D eigenvalue weighted by atomic mass is 10.2. The van der Waals surface area contributed by atoms with Crippen LogP contribution in [0.2, 0.25) is 0 Å². The Hall–Kier alpha value is -3.08. The highest BCUT2D eigenvalue weighted by molar-refractivity contribution is 5.85. The first-order valence-corrected chi connectivity index (χ1v) is 10.5. The minimum Gasteiger partial charge on any atom is -0.374 e. The van der Waals surface area contributed by atoms with Crippen molar-refractivity contribution in [3.8, 4) is 0 Å². The molecule has 0 bridgehead atoms. The summed E-state index contributed by atoms with van der Waals surface area (Å²) in [5.74, 6) is 1.45. The smallest absolute Gasteiger partial charge is 0.229 e. The second kappa shape index (κ2) is 9.38. The summed E-state index contributed by atoms with van der Waals surface area (Å²) in [5, 5.41) is 27.2. The predicted octanol–water partition coefficient (Wildman–Crippen LogP) is 0.924. The van der Waals surface area contributed by atoms with Crippen LogP contribution in [0.3, 0.4) is 0 Å². The fraction of sp³-hybridized carbons (Fsp3) is 0.429. The molecule has 2 atom stereocenters. The van der Waals surface area contributed by atoms with Gasteiger partial charge in [-0.1, -0.05) is 30.3 Å². The summed E-state index contributed by atoms with van der Waals surface area (Å²) in [6.07, 6.45) is -0.316. The van der Waals surface area contributed by atoms with Crippen molar-refractivity contribution in [3.63, 3.8) is 0 Å². The number of aromatic nitrogens is 4. The number of anilines is 3. The molecule has 2 aromatic heterocycles. The van der Waals surface area contributed by atoms with Crippen molar-refractivity contribution in [3.05, 3.63) is 42.1 Å². The second-order valence-electron chi connectivity index (χ2n) is 7.52. The average Bonchev–Trinajstić information content (AvgIpc) is 2.78. The van der Waals surface area contributed by atoms with Crippen molar-refractivity contribution in [2.24, 2.45) is 0 Å². The van der Waals surface area contributed by atoms with Crippen molar-refractivity contribution < 1.29 is 10.2 Å². The number of hydrogen-bond donors (Lipinski definition) is 4. The highest BCUT2D eigenvalue weighted by atomic mass is 16.3. The number of rotatable bonds is 7. The van der Waals surface area contributed by atoms with Crippen molar-refractivity contribution >= 4 is 28.7 Å². The van der Waals surface area contributed by atoms with Gasteiger partial charge in [-0.25, -0.2) is 9.97 Å². The molecule has 0 radical (unpaired) electrons. The van der Waals surface area contributed by atoms with E-state index in [4.69, 9.17) is 0 Å². The van der Waals surface area contributed by atoms with Crippen molar-refractivity contribution in [1.82, 2.24) is 25.3 Å². The molecule has 0 amide bonds. The predicted molar refractivity (Wildman–Crippen MR) is 120 cm³/mol. The van der Waals surface area contributed by atoms with Crippen molar-refractivity contribution in [2.75, 3.05) is 41.3 Å². The summed E-state index contributed by atoms with van der Waals surface area (Å²) in [6, 6.07) is 10.0. The van der Waals surface area contributed by atoms with E-state index in [9.17, 15) is 10.2 Å². The zero-order valence-electron chi connectivity index (χ0n) is 17.7. The van der Waals surface area contributed by atoms with E-state index in [0.717, 1.165) is 31.7 Å². The van der Waals surface area contributed by atoms with Crippen LogP contribution in [0.25, 0.3) is 11.2 Å². The minimum absolute atomic E-state index is 0.352. The van der Waals surface area contributed by atoms with Gasteiger partial charge in [-0.3, -0.25) is 0 Å². The van der Waals surface area contributed by atoms with Crippen LogP contribution in [0.15, 0.2) is 36.5 Å². The van der Waals surface area contributed by atoms with Gasteiger partial charge in [0, 0.05) is 32.7 Å². The minimum atomic E-state index is -0.966. The second-order valence-corrected chi connectivity index (χ2v) is 7.52. The number of benzene rings is 1. The maximum Gasteiger partial charge on any atom is 0.229 e. The van der Waals surface area contributed by atoms with Gasteiger partial charge >= 0.3 is 0 Å².